The fourth-order valence-corrected chi connectivity index (χ4v) is 3.08. The summed E-state index contributed by atoms with van der Waals surface area (Å²) in [5, 5.41) is 14.6. The quantitative estimate of drug-likeness (QED) is 0.220. The normalized spacial score (nSPS) is 10.6. The molecule has 0 fully saturated rings. The predicted molar refractivity (Wildman–Crippen MR) is 121 cm³/mol. The molecule has 0 atom stereocenters. The molecule has 0 unspecified atom stereocenters. The minimum Gasteiger partial charge on any atom is -0.462 e. The van der Waals surface area contributed by atoms with Crippen molar-refractivity contribution in [1.29, 1.82) is 0 Å². The Bertz CT molecular complexity index is 899. The van der Waals surface area contributed by atoms with E-state index < -0.39 is 10.9 Å². The van der Waals surface area contributed by atoms with Crippen LogP contribution in [0.1, 0.15) is 63.0 Å². The summed E-state index contributed by atoms with van der Waals surface area (Å²) in [7, 11) is 0. The number of nitrogens with zero attached hydrogens (tertiary/aromatic N) is 4. The van der Waals surface area contributed by atoms with E-state index in [1.165, 1.54) is 12.1 Å². The van der Waals surface area contributed by atoms with E-state index in [1.54, 1.807) is 6.07 Å². The molecule has 2 rings (SSSR count). The molecule has 0 saturated heterocycles. The fraction of sp³-hybridized carbons (Fsp3) is 0.500. The Morgan fingerprint density at radius 2 is 1.87 bits per heavy atom. The van der Waals surface area contributed by atoms with Crippen LogP contribution in [-0.4, -0.2) is 40.6 Å². The lowest BCUT2D eigenvalue weighted by molar-refractivity contribution is -0.385. The Balaban J connectivity index is 2.34. The third-order valence-corrected chi connectivity index (χ3v) is 4.76. The van der Waals surface area contributed by atoms with E-state index in [2.05, 4.69) is 41.0 Å². The van der Waals surface area contributed by atoms with E-state index in [0.29, 0.717) is 18.1 Å². The van der Waals surface area contributed by atoms with Crippen LogP contribution in [0.3, 0.4) is 0 Å². The largest absolute Gasteiger partial charge is 0.462 e. The van der Waals surface area contributed by atoms with E-state index in [4.69, 9.17) is 4.74 Å². The summed E-state index contributed by atoms with van der Waals surface area (Å²) in [6.07, 6.45) is 3.31. The van der Waals surface area contributed by atoms with Gasteiger partial charge < -0.3 is 15.0 Å². The second-order valence-electron chi connectivity index (χ2n) is 7.07. The van der Waals surface area contributed by atoms with Gasteiger partial charge in [-0.3, -0.25) is 10.1 Å². The number of nitrogens with one attached hydrogen (secondary N) is 1. The lowest BCUT2D eigenvalue weighted by Crippen LogP contribution is -2.23. The lowest BCUT2D eigenvalue weighted by Gasteiger charge is -2.21. The first-order valence-electron chi connectivity index (χ1n) is 10.8. The highest BCUT2D eigenvalue weighted by Gasteiger charge is 2.22. The first-order valence-corrected chi connectivity index (χ1v) is 10.8. The molecule has 1 N–H and O–H groups in total. The second kappa shape index (κ2) is 11.8. The number of hydrogen-bond donors (Lipinski definition) is 1. The first kappa shape index (κ1) is 24.0. The number of hydrogen-bond acceptors (Lipinski definition) is 8. The van der Waals surface area contributed by atoms with Crippen molar-refractivity contribution >= 4 is 29.1 Å². The van der Waals surface area contributed by atoms with Gasteiger partial charge in [0.2, 0.25) is 5.95 Å². The molecule has 9 nitrogen and oxygen atoms in total. The zero-order valence-corrected chi connectivity index (χ0v) is 18.7. The summed E-state index contributed by atoms with van der Waals surface area (Å²) in [5.74, 6) is 0.466. The van der Waals surface area contributed by atoms with Crippen molar-refractivity contribution in [3.8, 4) is 0 Å². The van der Waals surface area contributed by atoms with Gasteiger partial charge in [-0.25, -0.2) is 9.78 Å². The van der Waals surface area contributed by atoms with Gasteiger partial charge in [-0.1, -0.05) is 26.7 Å². The summed E-state index contributed by atoms with van der Waals surface area (Å²) in [4.78, 5) is 34.4. The number of nitro groups is 1. The number of aromatic nitrogens is 2. The summed E-state index contributed by atoms with van der Waals surface area (Å²) in [5.41, 5.74) is 0.930. The number of carbonyl (C=O) groups excluding carboxylic acids is 1. The second-order valence-corrected chi connectivity index (χ2v) is 7.07. The van der Waals surface area contributed by atoms with Crippen LogP contribution in [-0.2, 0) is 11.2 Å². The number of anilines is 3. The number of ether oxygens (including phenoxy) is 1. The molecular weight excluding hydrogens is 398 g/mol. The number of nitro benzene ring substituents is 1. The molecule has 0 amide bonds. The maximum absolute atomic E-state index is 12.2. The van der Waals surface area contributed by atoms with Crippen molar-refractivity contribution in [2.45, 2.75) is 53.4 Å². The number of esters is 1. The van der Waals surface area contributed by atoms with Gasteiger partial charge in [0.1, 0.15) is 11.4 Å². The van der Waals surface area contributed by atoms with Crippen LogP contribution < -0.4 is 10.2 Å². The monoisotopic (exact) mass is 429 g/mol. The van der Waals surface area contributed by atoms with Crippen LogP contribution >= 0.6 is 0 Å². The summed E-state index contributed by atoms with van der Waals surface area (Å²) >= 11 is 0. The molecule has 168 valence electrons. The van der Waals surface area contributed by atoms with Crippen molar-refractivity contribution < 1.29 is 14.5 Å². The van der Waals surface area contributed by atoms with Crippen LogP contribution in [0.5, 0.6) is 0 Å². The molecule has 0 saturated carbocycles. The third kappa shape index (κ3) is 6.63. The van der Waals surface area contributed by atoms with Crippen LogP contribution in [0.15, 0.2) is 24.3 Å². The summed E-state index contributed by atoms with van der Waals surface area (Å²) in [6.45, 7) is 10.0. The van der Waals surface area contributed by atoms with Crippen LogP contribution in [0.4, 0.5) is 23.1 Å². The molecule has 0 aliphatic carbocycles. The minimum atomic E-state index is -0.697. The van der Waals surface area contributed by atoms with Crippen molar-refractivity contribution in [2.24, 2.45) is 0 Å². The molecule has 1 heterocycles. The molecule has 0 radical (unpaired) electrons. The Morgan fingerprint density at radius 3 is 2.48 bits per heavy atom. The van der Waals surface area contributed by atoms with Crippen molar-refractivity contribution in [2.75, 3.05) is 29.9 Å². The zero-order chi connectivity index (χ0) is 22.8. The van der Waals surface area contributed by atoms with E-state index in [9.17, 15) is 14.9 Å². The van der Waals surface area contributed by atoms with E-state index >= 15 is 0 Å². The van der Waals surface area contributed by atoms with Gasteiger partial charge in [0, 0.05) is 36.6 Å². The fourth-order valence-electron chi connectivity index (χ4n) is 3.08. The van der Waals surface area contributed by atoms with Crippen molar-refractivity contribution in [3.63, 3.8) is 0 Å². The van der Waals surface area contributed by atoms with E-state index in [1.807, 2.05) is 13.0 Å². The first-order chi connectivity index (χ1) is 14.9. The molecule has 1 aromatic carbocycles. The minimum absolute atomic E-state index is 0.0730. The average molecular weight is 430 g/mol. The number of benzene rings is 1. The standard InChI is InChI=1S/C22H31N5O4/c1-5-9-13-31-21(28)18-12-11-17(14-19(18)27(29)30)24-22-23-16(10-6-2)15-20(25-22)26(7-3)8-4/h11-12,14-15H,5-10,13H2,1-4H3,(H,23,24,25). The number of unbranched alkanes of at least 4 members (excludes halogenated alkanes) is 1. The molecule has 0 bridgehead atoms. The third-order valence-electron chi connectivity index (χ3n) is 4.76. The SMILES string of the molecule is CCCCOC(=O)c1ccc(Nc2nc(CCC)cc(N(CC)CC)n2)cc1[N+](=O)[O-]. The lowest BCUT2D eigenvalue weighted by atomic mass is 10.1. The van der Waals surface area contributed by atoms with Gasteiger partial charge in [-0.15, -0.1) is 0 Å². The Morgan fingerprint density at radius 1 is 1.13 bits per heavy atom. The molecule has 9 heteroatoms. The van der Waals surface area contributed by atoms with Crippen molar-refractivity contribution in [3.05, 3.63) is 45.6 Å². The molecule has 0 aliphatic heterocycles. The molecule has 0 spiro atoms. The Kier molecular flexibility index (Phi) is 9.17. The van der Waals surface area contributed by atoms with Gasteiger partial charge in [0.25, 0.3) is 5.69 Å². The highest BCUT2D eigenvalue weighted by molar-refractivity contribution is 5.94. The Labute approximate surface area is 183 Å². The highest BCUT2D eigenvalue weighted by Crippen LogP contribution is 2.26. The number of rotatable bonds is 12. The molecule has 1 aromatic heterocycles. The van der Waals surface area contributed by atoms with Crippen LogP contribution in [0, 0.1) is 10.1 Å². The van der Waals surface area contributed by atoms with E-state index in [0.717, 1.165) is 43.9 Å². The highest BCUT2D eigenvalue weighted by atomic mass is 16.6. The van der Waals surface area contributed by atoms with Gasteiger partial charge in [-0.05, 0) is 38.8 Å². The summed E-state index contributed by atoms with van der Waals surface area (Å²) in [6, 6.07) is 6.27. The molecule has 31 heavy (non-hydrogen) atoms. The maximum atomic E-state index is 12.2. The van der Waals surface area contributed by atoms with Gasteiger partial charge in [0.15, 0.2) is 0 Å². The van der Waals surface area contributed by atoms with Crippen LogP contribution in [0.2, 0.25) is 0 Å². The average Bonchev–Trinajstić information content (AvgIpc) is 2.75. The van der Waals surface area contributed by atoms with Gasteiger partial charge >= 0.3 is 5.97 Å². The molecule has 0 aliphatic rings. The van der Waals surface area contributed by atoms with Gasteiger partial charge in [0.05, 0.1) is 11.5 Å². The summed E-state index contributed by atoms with van der Waals surface area (Å²) < 4.78 is 5.13. The molecular formula is C22H31N5O4. The van der Waals surface area contributed by atoms with Crippen LogP contribution in [0.25, 0.3) is 0 Å². The maximum Gasteiger partial charge on any atom is 0.345 e. The number of aryl methyl sites for hydroxylation is 1. The smallest absolute Gasteiger partial charge is 0.345 e. The van der Waals surface area contributed by atoms with Gasteiger partial charge in [-0.2, -0.15) is 4.98 Å². The topological polar surface area (TPSA) is 110 Å². The predicted octanol–water partition coefficient (Wildman–Crippen LogP) is 4.88. The zero-order valence-electron chi connectivity index (χ0n) is 18.7. The number of carbonyl (C=O) groups is 1. The Hall–Kier alpha value is -3.23. The molecule has 2 aromatic rings. The van der Waals surface area contributed by atoms with E-state index in [-0.39, 0.29) is 17.9 Å². The van der Waals surface area contributed by atoms with Crippen molar-refractivity contribution in [1.82, 2.24) is 9.97 Å².